The maximum atomic E-state index is 8.44. The van der Waals surface area contributed by atoms with Gasteiger partial charge < -0.3 is 0 Å². The van der Waals surface area contributed by atoms with Gasteiger partial charge in [0.2, 0.25) is 0 Å². The van der Waals surface area contributed by atoms with Crippen LogP contribution in [0.25, 0.3) is 0 Å². The van der Waals surface area contributed by atoms with Crippen LogP contribution in [0.4, 0.5) is 0 Å². The van der Waals surface area contributed by atoms with Crippen LogP contribution in [0.3, 0.4) is 0 Å². The lowest BCUT2D eigenvalue weighted by Gasteiger charge is -2.11. The van der Waals surface area contributed by atoms with Crippen molar-refractivity contribution >= 4 is 0 Å². The number of aryl methyl sites for hydroxylation is 1. The van der Waals surface area contributed by atoms with E-state index >= 15 is 0 Å². The highest BCUT2D eigenvalue weighted by Gasteiger charge is 2.00. The molecule has 0 saturated heterocycles. The molecule has 0 spiro atoms. The second-order valence-electron chi connectivity index (χ2n) is 2.93. The van der Waals surface area contributed by atoms with E-state index in [1.54, 1.807) is 6.20 Å². The number of hydrogen-bond acceptors (Lipinski definition) is 4. The molecule has 0 aromatic carbocycles. The van der Waals surface area contributed by atoms with E-state index in [1.165, 1.54) is 0 Å². The van der Waals surface area contributed by atoms with Crippen molar-refractivity contribution in [2.45, 2.75) is 13.5 Å². The first-order valence-corrected chi connectivity index (χ1v) is 4.06. The smallest absolute Gasteiger partial charge is 0.125 e. The van der Waals surface area contributed by atoms with E-state index in [2.05, 4.69) is 16.0 Å². The van der Waals surface area contributed by atoms with Crippen LogP contribution in [0, 0.1) is 18.3 Å². The Labute approximate surface area is 77.8 Å². The average Bonchev–Trinajstić information content (AvgIpc) is 2.04. The number of aromatic nitrogens is 2. The molecule has 0 aliphatic rings. The quantitative estimate of drug-likeness (QED) is 0.637. The maximum absolute atomic E-state index is 8.44. The van der Waals surface area contributed by atoms with Gasteiger partial charge in [-0.3, -0.25) is 4.90 Å². The summed E-state index contributed by atoms with van der Waals surface area (Å²) in [4.78, 5) is 10.1. The van der Waals surface area contributed by atoms with E-state index in [0.717, 1.165) is 11.5 Å². The molecule has 0 amide bonds. The first kappa shape index (κ1) is 9.62. The lowest BCUT2D eigenvalue weighted by atomic mass is 10.3. The average molecular weight is 176 g/mol. The molecule has 1 aromatic heterocycles. The summed E-state index contributed by atoms with van der Waals surface area (Å²) in [5.74, 6) is 0.767. The molecular formula is C9H12N4. The van der Waals surface area contributed by atoms with Crippen molar-refractivity contribution in [2.75, 3.05) is 13.6 Å². The molecule has 0 aliphatic carbocycles. The lowest BCUT2D eigenvalue weighted by molar-refractivity contribution is 0.362. The Morgan fingerprint density at radius 3 is 3.00 bits per heavy atom. The third kappa shape index (κ3) is 3.18. The van der Waals surface area contributed by atoms with Gasteiger partial charge in [0, 0.05) is 12.7 Å². The Balaban J connectivity index is 2.59. The van der Waals surface area contributed by atoms with Crippen molar-refractivity contribution in [3.63, 3.8) is 0 Å². The Hall–Kier alpha value is -1.47. The van der Waals surface area contributed by atoms with Gasteiger partial charge in [0.25, 0.3) is 0 Å². The Morgan fingerprint density at radius 2 is 2.38 bits per heavy atom. The molecular weight excluding hydrogens is 164 g/mol. The molecule has 1 aromatic rings. The fourth-order valence-corrected chi connectivity index (χ4v) is 1.05. The molecule has 0 unspecified atom stereocenters. The van der Waals surface area contributed by atoms with Gasteiger partial charge in [-0.05, 0) is 20.0 Å². The highest BCUT2D eigenvalue weighted by molar-refractivity contribution is 5.01. The number of nitriles is 1. The normalized spacial score (nSPS) is 10.0. The topological polar surface area (TPSA) is 52.8 Å². The molecule has 4 heteroatoms. The highest BCUT2D eigenvalue weighted by Crippen LogP contribution is 1.98. The standard InChI is InChI=1S/C9H12N4/c1-8-11-5-3-9(12-8)7-13(2)6-4-10/h3,5H,6-7H2,1-2H3. The molecule has 68 valence electrons. The van der Waals surface area contributed by atoms with Gasteiger partial charge in [-0.15, -0.1) is 0 Å². The van der Waals surface area contributed by atoms with Crippen LogP contribution in [0.5, 0.6) is 0 Å². The van der Waals surface area contributed by atoms with Crippen LogP contribution < -0.4 is 0 Å². The molecule has 0 N–H and O–H groups in total. The molecule has 1 heterocycles. The van der Waals surface area contributed by atoms with Crippen molar-refractivity contribution in [2.24, 2.45) is 0 Å². The van der Waals surface area contributed by atoms with Gasteiger partial charge in [0.15, 0.2) is 0 Å². The first-order valence-electron chi connectivity index (χ1n) is 4.06. The van der Waals surface area contributed by atoms with Gasteiger partial charge >= 0.3 is 0 Å². The zero-order valence-electron chi connectivity index (χ0n) is 7.86. The Bertz CT molecular complexity index is 316. The van der Waals surface area contributed by atoms with E-state index in [9.17, 15) is 0 Å². The zero-order valence-corrected chi connectivity index (χ0v) is 7.86. The predicted molar refractivity (Wildman–Crippen MR) is 48.7 cm³/mol. The second-order valence-corrected chi connectivity index (χ2v) is 2.93. The SMILES string of the molecule is Cc1nccc(CN(C)CC#N)n1. The van der Waals surface area contributed by atoms with Gasteiger partial charge in [-0.1, -0.05) is 0 Å². The summed E-state index contributed by atoms with van der Waals surface area (Å²) in [6.45, 7) is 2.97. The minimum atomic E-state index is 0.420. The maximum Gasteiger partial charge on any atom is 0.125 e. The fraction of sp³-hybridized carbons (Fsp3) is 0.444. The summed E-state index contributed by atoms with van der Waals surface area (Å²) in [6, 6.07) is 3.95. The van der Waals surface area contributed by atoms with Gasteiger partial charge in [0.05, 0.1) is 18.3 Å². The highest BCUT2D eigenvalue weighted by atomic mass is 15.1. The Morgan fingerprint density at radius 1 is 1.62 bits per heavy atom. The summed E-state index contributed by atoms with van der Waals surface area (Å²) in [5, 5.41) is 8.44. The molecule has 0 bridgehead atoms. The molecule has 0 atom stereocenters. The molecule has 4 nitrogen and oxygen atoms in total. The van der Waals surface area contributed by atoms with Crippen molar-refractivity contribution in [3.8, 4) is 6.07 Å². The van der Waals surface area contributed by atoms with E-state index in [1.807, 2.05) is 24.9 Å². The van der Waals surface area contributed by atoms with Gasteiger partial charge in [0.1, 0.15) is 5.82 Å². The molecule has 0 saturated carbocycles. The number of hydrogen-bond donors (Lipinski definition) is 0. The zero-order chi connectivity index (χ0) is 9.68. The summed E-state index contributed by atoms with van der Waals surface area (Å²) in [5.41, 5.74) is 0.949. The predicted octanol–water partition coefficient (Wildman–Crippen LogP) is 0.740. The van der Waals surface area contributed by atoms with E-state index in [-0.39, 0.29) is 0 Å². The van der Waals surface area contributed by atoms with E-state index in [4.69, 9.17) is 5.26 Å². The summed E-state index contributed by atoms with van der Waals surface area (Å²) >= 11 is 0. The van der Waals surface area contributed by atoms with Crippen LogP contribution >= 0.6 is 0 Å². The number of rotatable bonds is 3. The van der Waals surface area contributed by atoms with Crippen LogP contribution in [0.15, 0.2) is 12.3 Å². The van der Waals surface area contributed by atoms with Crippen LogP contribution in [0.2, 0.25) is 0 Å². The van der Waals surface area contributed by atoms with E-state index < -0.39 is 0 Å². The summed E-state index contributed by atoms with van der Waals surface area (Å²) in [7, 11) is 1.89. The third-order valence-electron chi connectivity index (χ3n) is 1.61. The molecule has 0 aliphatic heterocycles. The fourth-order valence-electron chi connectivity index (χ4n) is 1.05. The largest absolute Gasteiger partial charge is 0.288 e. The van der Waals surface area contributed by atoms with Crippen molar-refractivity contribution in [1.82, 2.24) is 14.9 Å². The minimum Gasteiger partial charge on any atom is -0.288 e. The van der Waals surface area contributed by atoms with Crippen molar-refractivity contribution < 1.29 is 0 Å². The minimum absolute atomic E-state index is 0.420. The van der Waals surface area contributed by atoms with Crippen LogP contribution in [0.1, 0.15) is 11.5 Å². The lowest BCUT2D eigenvalue weighted by Crippen LogP contribution is -2.18. The van der Waals surface area contributed by atoms with Crippen molar-refractivity contribution in [3.05, 3.63) is 23.8 Å². The van der Waals surface area contributed by atoms with Gasteiger partial charge in [-0.25, -0.2) is 9.97 Å². The van der Waals surface area contributed by atoms with E-state index in [0.29, 0.717) is 13.1 Å². The summed E-state index contributed by atoms with van der Waals surface area (Å²) < 4.78 is 0. The molecule has 0 radical (unpaired) electrons. The van der Waals surface area contributed by atoms with Crippen molar-refractivity contribution in [1.29, 1.82) is 5.26 Å². The molecule has 1 rings (SSSR count). The first-order chi connectivity index (χ1) is 6.22. The van der Waals surface area contributed by atoms with Crippen LogP contribution in [-0.4, -0.2) is 28.5 Å². The summed E-state index contributed by atoms with van der Waals surface area (Å²) in [6.07, 6.45) is 1.73. The number of nitrogens with zero attached hydrogens (tertiary/aromatic N) is 4. The second kappa shape index (κ2) is 4.53. The monoisotopic (exact) mass is 176 g/mol. The van der Waals surface area contributed by atoms with Gasteiger partial charge in [-0.2, -0.15) is 5.26 Å². The Kier molecular flexibility index (Phi) is 3.35. The molecule has 0 fully saturated rings. The van der Waals surface area contributed by atoms with Crippen LogP contribution in [-0.2, 0) is 6.54 Å². The third-order valence-corrected chi connectivity index (χ3v) is 1.61. The molecule has 13 heavy (non-hydrogen) atoms.